The number of nitriles is 1. The minimum atomic E-state index is -0.704. The van der Waals surface area contributed by atoms with Gasteiger partial charge in [0, 0.05) is 50.1 Å². The number of likely N-dealkylation sites (N-methyl/N-ethyl adjacent to an activating group) is 1. The zero-order chi connectivity index (χ0) is 25.6. The molecule has 1 aliphatic carbocycles. The molecular weight excluding hydrogens is 450 g/mol. The van der Waals surface area contributed by atoms with E-state index in [2.05, 4.69) is 11.1 Å². The second-order valence-corrected chi connectivity index (χ2v) is 9.02. The van der Waals surface area contributed by atoms with Gasteiger partial charge in [-0.2, -0.15) is 5.26 Å². The molecule has 184 valence electrons. The molecule has 1 saturated carbocycles. The van der Waals surface area contributed by atoms with Gasteiger partial charge in [-0.25, -0.2) is 8.78 Å². The van der Waals surface area contributed by atoms with Crippen LogP contribution < -0.4 is 10.5 Å². The predicted octanol–water partition coefficient (Wildman–Crippen LogP) is 4.29. The maximum atomic E-state index is 14.8. The molecule has 0 aliphatic heterocycles. The molecule has 0 bridgehead atoms. The quantitative estimate of drug-likeness (QED) is 0.383. The molecule has 0 aromatic heterocycles. The molecule has 6 nitrogen and oxygen atoms in total. The fourth-order valence-corrected chi connectivity index (χ4v) is 4.00. The molecule has 0 saturated heterocycles. The third kappa shape index (κ3) is 6.31. The molecule has 0 heterocycles. The van der Waals surface area contributed by atoms with Crippen LogP contribution in [0.5, 0.6) is 5.75 Å². The van der Waals surface area contributed by atoms with E-state index in [-0.39, 0.29) is 17.4 Å². The van der Waals surface area contributed by atoms with Crippen LogP contribution >= 0.6 is 0 Å². The van der Waals surface area contributed by atoms with Crippen molar-refractivity contribution < 1.29 is 18.3 Å². The molecule has 8 heteroatoms. The number of aliphatic imine (C=N–C) groups is 1. The summed E-state index contributed by atoms with van der Waals surface area (Å²) in [7, 11) is 3.48. The van der Waals surface area contributed by atoms with Gasteiger partial charge < -0.3 is 15.4 Å². The van der Waals surface area contributed by atoms with Crippen LogP contribution in [-0.2, 0) is 6.42 Å². The Hall–Kier alpha value is -3.57. The maximum absolute atomic E-state index is 14.8. The van der Waals surface area contributed by atoms with E-state index < -0.39 is 11.6 Å². The Morgan fingerprint density at radius 1 is 1.29 bits per heavy atom. The highest BCUT2D eigenvalue weighted by Gasteiger charge is 2.43. The van der Waals surface area contributed by atoms with Crippen molar-refractivity contribution in [1.29, 1.82) is 5.26 Å². The van der Waals surface area contributed by atoms with Crippen molar-refractivity contribution in [3.05, 3.63) is 69.9 Å². The second kappa shape index (κ2) is 11.2. The lowest BCUT2D eigenvalue weighted by Gasteiger charge is -2.20. The standard InChI is InChI=1S/C27H30F2N4O2/c1-18-8-26(35-7-6-33(3)17-27(16-31)4-5-27)21(15-34)9-19(18)10-23-24(28)11-20(12-25(23)29)22(13-30)14-32-2/h8-9,11-15H,4-7,10,17,30H2,1-3H3/b22-13+,32-14?. The summed E-state index contributed by atoms with van der Waals surface area (Å²) in [6.45, 7) is 3.45. The molecule has 2 aromatic carbocycles. The number of hydrogen-bond donors (Lipinski definition) is 1. The Kier molecular flexibility index (Phi) is 8.36. The average molecular weight is 481 g/mol. The summed E-state index contributed by atoms with van der Waals surface area (Å²) in [6.07, 6.45) is 5.17. The summed E-state index contributed by atoms with van der Waals surface area (Å²) in [5.41, 5.74) is 7.61. The van der Waals surface area contributed by atoms with Crippen molar-refractivity contribution in [2.24, 2.45) is 16.1 Å². The second-order valence-electron chi connectivity index (χ2n) is 9.02. The number of aldehydes is 1. The minimum Gasteiger partial charge on any atom is -0.491 e. The van der Waals surface area contributed by atoms with Gasteiger partial charge in [-0.3, -0.25) is 9.79 Å². The van der Waals surface area contributed by atoms with Gasteiger partial charge in [0.1, 0.15) is 24.0 Å². The van der Waals surface area contributed by atoms with Crippen molar-refractivity contribution in [1.82, 2.24) is 4.90 Å². The van der Waals surface area contributed by atoms with E-state index >= 15 is 0 Å². The Bertz CT molecular complexity index is 1170. The largest absolute Gasteiger partial charge is 0.491 e. The lowest BCUT2D eigenvalue weighted by Crippen LogP contribution is -2.30. The van der Waals surface area contributed by atoms with Gasteiger partial charge in [-0.05, 0) is 67.8 Å². The van der Waals surface area contributed by atoms with E-state index in [0.29, 0.717) is 54.0 Å². The highest BCUT2D eigenvalue weighted by atomic mass is 19.1. The van der Waals surface area contributed by atoms with Crippen molar-refractivity contribution in [2.75, 3.05) is 33.8 Å². The molecular formula is C27H30F2N4O2. The summed E-state index contributed by atoms with van der Waals surface area (Å²) in [5, 5.41) is 9.24. The Labute approximate surface area is 204 Å². The number of aryl methyl sites for hydroxylation is 1. The number of hydrogen-bond acceptors (Lipinski definition) is 6. The zero-order valence-corrected chi connectivity index (χ0v) is 20.3. The Morgan fingerprint density at radius 2 is 1.97 bits per heavy atom. The number of carbonyl (C=O) groups excluding carboxylic acids is 1. The van der Waals surface area contributed by atoms with Crippen LogP contribution in [0.25, 0.3) is 5.57 Å². The van der Waals surface area contributed by atoms with Crippen LogP contribution in [0.1, 0.15) is 45.5 Å². The highest BCUT2D eigenvalue weighted by Crippen LogP contribution is 2.45. The Morgan fingerprint density at radius 3 is 2.51 bits per heavy atom. The number of benzene rings is 2. The topological polar surface area (TPSA) is 91.7 Å². The molecule has 0 radical (unpaired) electrons. The van der Waals surface area contributed by atoms with Crippen LogP contribution in [0.4, 0.5) is 8.78 Å². The summed E-state index contributed by atoms with van der Waals surface area (Å²) in [6, 6.07) is 8.14. The number of halogens is 2. The van der Waals surface area contributed by atoms with Gasteiger partial charge in [-0.1, -0.05) is 0 Å². The van der Waals surface area contributed by atoms with E-state index in [1.165, 1.54) is 24.5 Å². The van der Waals surface area contributed by atoms with Crippen LogP contribution in [0.3, 0.4) is 0 Å². The number of nitrogens with two attached hydrogens (primary N) is 1. The molecule has 0 unspecified atom stereocenters. The van der Waals surface area contributed by atoms with E-state index in [0.717, 1.165) is 18.4 Å². The SMILES string of the molecule is CN=C/C(=C\N)c1cc(F)c(Cc2cc(C=O)c(OCCN(C)CC3(C#N)CC3)cc2C)c(F)c1. The van der Waals surface area contributed by atoms with Crippen molar-refractivity contribution >= 4 is 18.1 Å². The molecule has 0 amide bonds. The molecule has 2 aromatic rings. The first kappa shape index (κ1) is 26.0. The summed E-state index contributed by atoms with van der Waals surface area (Å²) < 4.78 is 35.5. The predicted molar refractivity (Wildman–Crippen MR) is 133 cm³/mol. The van der Waals surface area contributed by atoms with Crippen molar-refractivity contribution in [3.8, 4) is 11.8 Å². The van der Waals surface area contributed by atoms with E-state index in [4.69, 9.17) is 10.5 Å². The first-order valence-corrected chi connectivity index (χ1v) is 11.4. The van der Waals surface area contributed by atoms with Crippen LogP contribution in [0.2, 0.25) is 0 Å². The first-order valence-electron chi connectivity index (χ1n) is 11.4. The van der Waals surface area contributed by atoms with Crippen LogP contribution in [0.15, 0.2) is 35.5 Å². The van der Waals surface area contributed by atoms with E-state index in [9.17, 15) is 18.8 Å². The average Bonchev–Trinajstić information content (AvgIpc) is 3.60. The van der Waals surface area contributed by atoms with Gasteiger partial charge in [-0.15, -0.1) is 0 Å². The molecule has 1 fully saturated rings. The van der Waals surface area contributed by atoms with E-state index in [1.807, 2.05) is 18.9 Å². The molecule has 0 spiro atoms. The molecule has 0 atom stereocenters. The first-order chi connectivity index (χ1) is 16.8. The van der Waals surface area contributed by atoms with Crippen molar-refractivity contribution in [2.45, 2.75) is 26.2 Å². The number of carbonyl (C=O) groups is 1. The lowest BCUT2D eigenvalue weighted by molar-refractivity contribution is 0.111. The Balaban J connectivity index is 1.73. The lowest BCUT2D eigenvalue weighted by atomic mass is 9.95. The van der Waals surface area contributed by atoms with Gasteiger partial charge in [0.25, 0.3) is 0 Å². The molecule has 1 aliphatic rings. The number of ether oxygens (including phenoxy) is 1. The zero-order valence-electron chi connectivity index (χ0n) is 20.3. The summed E-state index contributed by atoms with van der Waals surface area (Å²) in [5.74, 6) is -0.987. The normalized spacial score (nSPS) is 14.8. The van der Waals surface area contributed by atoms with Crippen LogP contribution in [0, 0.1) is 35.3 Å². The summed E-state index contributed by atoms with van der Waals surface area (Å²) >= 11 is 0. The minimum absolute atomic E-state index is 0.0204. The number of rotatable bonds is 11. The van der Waals surface area contributed by atoms with Gasteiger partial charge >= 0.3 is 0 Å². The molecule has 3 rings (SSSR count). The molecule has 2 N–H and O–H groups in total. The number of nitrogens with zero attached hydrogens (tertiary/aromatic N) is 3. The molecule has 35 heavy (non-hydrogen) atoms. The fraction of sp³-hybridized carbons (Fsp3) is 0.370. The highest BCUT2D eigenvalue weighted by molar-refractivity contribution is 6.09. The third-order valence-electron chi connectivity index (χ3n) is 6.28. The smallest absolute Gasteiger partial charge is 0.153 e. The van der Waals surface area contributed by atoms with Crippen molar-refractivity contribution in [3.63, 3.8) is 0 Å². The van der Waals surface area contributed by atoms with Crippen LogP contribution in [-0.4, -0.2) is 51.2 Å². The fourth-order valence-electron chi connectivity index (χ4n) is 4.00. The van der Waals surface area contributed by atoms with Gasteiger partial charge in [0.2, 0.25) is 0 Å². The third-order valence-corrected chi connectivity index (χ3v) is 6.28. The van der Waals surface area contributed by atoms with Gasteiger partial charge in [0.15, 0.2) is 6.29 Å². The monoisotopic (exact) mass is 480 g/mol. The van der Waals surface area contributed by atoms with E-state index in [1.54, 1.807) is 19.2 Å². The van der Waals surface area contributed by atoms with Gasteiger partial charge in [0.05, 0.1) is 17.0 Å². The number of allylic oxidation sites excluding steroid dienone is 1. The summed E-state index contributed by atoms with van der Waals surface area (Å²) in [4.78, 5) is 17.6. The maximum Gasteiger partial charge on any atom is 0.153 e.